The molecule has 0 aliphatic rings. The van der Waals surface area contributed by atoms with Crippen molar-refractivity contribution in [3.63, 3.8) is 0 Å². The second-order valence-electron chi connectivity index (χ2n) is 4.20. The number of nitrogens with one attached hydrogen (secondary N) is 1. The zero-order valence-corrected chi connectivity index (χ0v) is 11.9. The van der Waals surface area contributed by atoms with Crippen LogP contribution < -0.4 is 10.1 Å². The molecule has 1 N–H and O–H groups in total. The van der Waals surface area contributed by atoms with Gasteiger partial charge in [-0.25, -0.2) is 0 Å². The maximum absolute atomic E-state index is 5.20. The third-order valence-electron chi connectivity index (χ3n) is 3.07. The summed E-state index contributed by atoms with van der Waals surface area (Å²) in [5.41, 5.74) is 2.64. The van der Waals surface area contributed by atoms with Crippen LogP contribution in [0.3, 0.4) is 0 Å². The summed E-state index contributed by atoms with van der Waals surface area (Å²) in [5, 5.41) is 5.70. The number of thiophene rings is 1. The van der Waals surface area contributed by atoms with E-state index in [1.165, 1.54) is 16.0 Å². The van der Waals surface area contributed by atoms with E-state index in [0.29, 0.717) is 0 Å². The van der Waals surface area contributed by atoms with Crippen molar-refractivity contribution in [3.8, 4) is 5.75 Å². The summed E-state index contributed by atoms with van der Waals surface area (Å²) >= 11 is 1.80. The maximum Gasteiger partial charge on any atom is 0.118 e. The first-order chi connectivity index (χ1) is 8.76. The van der Waals surface area contributed by atoms with Crippen LogP contribution in [0.5, 0.6) is 5.75 Å². The molecule has 2 rings (SSSR count). The molecule has 0 fully saturated rings. The Morgan fingerprint density at radius 3 is 2.44 bits per heavy atom. The Kier molecular flexibility index (Phi) is 4.39. The van der Waals surface area contributed by atoms with Crippen LogP contribution in [0.25, 0.3) is 0 Å². The quantitative estimate of drug-likeness (QED) is 0.884. The van der Waals surface area contributed by atoms with E-state index in [0.717, 1.165) is 12.3 Å². The lowest BCUT2D eigenvalue weighted by molar-refractivity contribution is 0.414. The lowest BCUT2D eigenvalue weighted by atomic mass is 9.99. The summed E-state index contributed by atoms with van der Waals surface area (Å²) in [6, 6.07) is 10.8. The highest BCUT2D eigenvalue weighted by molar-refractivity contribution is 7.10. The van der Waals surface area contributed by atoms with Gasteiger partial charge in [-0.1, -0.05) is 19.1 Å². The number of benzene rings is 1. The van der Waals surface area contributed by atoms with Crippen molar-refractivity contribution in [2.75, 3.05) is 13.7 Å². The second kappa shape index (κ2) is 6.03. The van der Waals surface area contributed by atoms with Crippen molar-refractivity contribution in [1.82, 2.24) is 5.32 Å². The van der Waals surface area contributed by atoms with E-state index in [1.54, 1.807) is 18.4 Å². The highest BCUT2D eigenvalue weighted by atomic mass is 32.1. The van der Waals surface area contributed by atoms with E-state index in [4.69, 9.17) is 4.74 Å². The third-order valence-corrected chi connectivity index (χ3v) is 3.93. The molecule has 1 heterocycles. The molecule has 1 atom stereocenters. The van der Waals surface area contributed by atoms with Crippen molar-refractivity contribution >= 4 is 11.3 Å². The molecule has 0 saturated carbocycles. The first kappa shape index (κ1) is 13.1. The van der Waals surface area contributed by atoms with Crippen LogP contribution >= 0.6 is 11.3 Å². The Hall–Kier alpha value is -1.32. The van der Waals surface area contributed by atoms with Gasteiger partial charge in [-0.2, -0.15) is 0 Å². The fourth-order valence-corrected chi connectivity index (χ4v) is 2.84. The smallest absolute Gasteiger partial charge is 0.118 e. The molecule has 3 heteroatoms. The summed E-state index contributed by atoms with van der Waals surface area (Å²) in [4.78, 5) is 1.37. The Bertz CT molecular complexity index is 489. The van der Waals surface area contributed by atoms with Crippen LogP contribution in [0.4, 0.5) is 0 Å². The predicted octanol–water partition coefficient (Wildman–Crippen LogP) is 3.76. The van der Waals surface area contributed by atoms with Crippen LogP contribution in [0.2, 0.25) is 0 Å². The molecule has 2 aromatic rings. The Balaban J connectivity index is 2.32. The fraction of sp³-hybridized carbons (Fsp3) is 0.333. The molecule has 0 saturated heterocycles. The number of rotatable bonds is 5. The van der Waals surface area contributed by atoms with Gasteiger partial charge in [-0.3, -0.25) is 0 Å². The largest absolute Gasteiger partial charge is 0.497 e. The highest BCUT2D eigenvalue weighted by Crippen LogP contribution is 2.29. The summed E-state index contributed by atoms with van der Waals surface area (Å²) in [6.45, 7) is 5.26. The van der Waals surface area contributed by atoms with Crippen LogP contribution in [0.1, 0.15) is 29.0 Å². The van der Waals surface area contributed by atoms with Crippen LogP contribution in [-0.2, 0) is 0 Å². The topological polar surface area (TPSA) is 21.3 Å². The van der Waals surface area contributed by atoms with Crippen molar-refractivity contribution < 1.29 is 4.74 Å². The summed E-state index contributed by atoms with van der Waals surface area (Å²) in [6.07, 6.45) is 0. The molecule has 1 aromatic heterocycles. The zero-order valence-electron chi connectivity index (χ0n) is 11.1. The van der Waals surface area contributed by atoms with E-state index in [9.17, 15) is 0 Å². The minimum Gasteiger partial charge on any atom is -0.497 e. The van der Waals surface area contributed by atoms with Crippen LogP contribution in [0, 0.1) is 6.92 Å². The van der Waals surface area contributed by atoms with E-state index in [-0.39, 0.29) is 6.04 Å². The second-order valence-corrected chi connectivity index (χ2v) is 5.32. The monoisotopic (exact) mass is 261 g/mol. The normalized spacial score (nSPS) is 12.4. The minimum atomic E-state index is 0.271. The first-order valence-electron chi connectivity index (χ1n) is 6.17. The Morgan fingerprint density at radius 1 is 1.22 bits per heavy atom. The summed E-state index contributed by atoms with van der Waals surface area (Å²) < 4.78 is 5.20. The Labute approximate surface area is 113 Å². The average molecular weight is 261 g/mol. The standard InChI is InChI=1S/C15H19NOS/c1-4-16-15(14-9-10-18-11(14)2)12-5-7-13(17-3)8-6-12/h5-10,15-16H,4H2,1-3H3. The molecular formula is C15H19NOS. The molecule has 0 radical (unpaired) electrons. The fourth-order valence-electron chi connectivity index (χ4n) is 2.10. The van der Waals surface area contributed by atoms with Crippen molar-refractivity contribution in [3.05, 3.63) is 51.7 Å². The summed E-state index contributed by atoms with van der Waals surface area (Å²) in [7, 11) is 1.69. The molecule has 0 spiro atoms. The van der Waals surface area contributed by atoms with Gasteiger partial charge in [0, 0.05) is 4.88 Å². The average Bonchev–Trinajstić information content (AvgIpc) is 2.82. The predicted molar refractivity (Wildman–Crippen MR) is 77.6 cm³/mol. The number of ether oxygens (including phenoxy) is 1. The van der Waals surface area contributed by atoms with E-state index in [1.807, 2.05) is 12.1 Å². The molecule has 1 unspecified atom stereocenters. The molecule has 2 nitrogen and oxygen atoms in total. The van der Waals surface area contributed by atoms with Gasteiger partial charge in [-0.15, -0.1) is 11.3 Å². The van der Waals surface area contributed by atoms with Crippen molar-refractivity contribution in [2.45, 2.75) is 19.9 Å². The number of aryl methyl sites for hydroxylation is 1. The van der Waals surface area contributed by atoms with Crippen molar-refractivity contribution in [1.29, 1.82) is 0 Å². The maximum atomic E-state index is 5.20. The lowest BCUT2D eigenvalue weighted by Gasteiger charge is -2.19. The minimum absolute atomic E-state index is 0.271. The van der Waals surface area contributed by atoms with Gasteiger partial charge in [0.25, 0.3) is 0 Å². The highest BCUT2D eigenvalue weighted by Gasteiger charge is 2.15. The van der Waals surface area contributed by atoms with E-state index < -0.39 is 0 Å². The van der Waals surface area contributed by atoms with Crippen LogP contribution in [0.15, 0.2) is 35.7 Å². The molecule has 1 aromatic carbocycles. The Morgan fingerprint density at radius 2 is 1.94 bits per heavy atom. The molecule has 96 valence electrons. The van der Waals surface area contributed by atoms with Crippen molar-refractivity contribution in [2.24, 2.45) is 0 Å². The van der Waals surface area contributed by atoms with Gasteiger partial charge in [0.2, 0.25) is 0 Å². The molecule has 0 aliphatic carbocycles. The zero-order chi connectivity index (χ0) is 13.0. The van der Waals surface area contributed by atoms with Gasteiger partial charge < -0.3 is 10.1 Å². The van der Waals surface area contributed by atoms with E-state index in [2.05, 4.69) is 42.7 Å². The van der Waals surface area contributed by atoms with Gasteiger partial charge in [0.15, 0.2) is 0 Å². The van der Waals surface area contributed by atoms with Gasteiger partial charge in [0.05, 0.1) is 13.2 Å². The molecule has 18 heavy (non-hydrogen) atoms. The van der Waals surface area contributed by atoms with Gasteiger partial charge >= 0.3 is 0 Å². The molecule has 0 amide bonds. The lowest BCUT2D eigenvalue weighted by Crippen LogP contribution is -2.22. The molecular weight excluding hydrogens is 242 g/mol. The third kappa shape index (κ3) is 2.74. The number of hydrogen-bond donors (Lipinski definition) is 1. The number of methoxy groups -OCH3 is 1. The van der Waals surface area contributed by atoms with E-state index >= 15 is 0 Å². The van der Waals surface area contributed by atoms with Gasteiger partial charge in [0.1, 0.15) is 5.75 Å². The molecule has 0 bridgehead atoms. The SMILES string of the molecule is CCNC(c1ccc(OC)cc1)c1ccsc1C. The van der Waals surface area contributed by atoms with Crippen LogP contribution in [-0.4, -0.2) is 13.7 Å². The first-order valence-corrected chi connectivity index (χ1v) is 7.05. The molecule has 0 aliphatic heterocycles. The number of hydrogen-bond acceptors (Lipinski definition) is 3. The summed E-state index contributed by atoms with van der Waals surface area (Å²) in [5.74, 6) is 0.899. The van der Waals surface area contributed by atoms with Gasteiger partial charge in [-0.05, 0) is 48.2 Å².